The number of aromatic nitrogens is 1. The number of benzene rings is 2. The Morgan fingerprint density at radius 2 is 2.04 bits per heavy atom. The Bertz CT molecular complexity index is 966. The first-order chi connectivity index (χ1) is 13.2. The summed E-state index contributed by atoms with van der Waals surface area (Å²) in [6.45, 7) is 3.73. The maximum absolute atomic E-state index is 13.0. The van der Waals surface area contributed by atoms with Crippen LogP contribution in [0.2, 0.25) is 0 Å². The van der Waals surface area contributed by atoms with E-state index in [0.717, 1.165) is 41.9 Å². The number of hydrogen-bond acceptors (Lipinski definition) is 3. The van der Waals surface area contributed by atoms with Crippen molar-refractivity contribution in [2.24, 2.45) is 0 Å². The van der Waals surface area contributed by atoms with E-state index in [4.69, 9.17) is 4.74 Å². The fraction of sp³-hybridized carbons (Fsp3) is 0.318. The molecule has 1 unspecified atom stereocenters. The molecule has 1 aliphatic rings. The first kappa shape index (κ1) is 18.0. The second kappa shape index (κ2) is 7.69. The summed E-state index contributed by atoms with van der Waals surface area (Å²) in [5, 5.41) is 1.48. The van der Waals surface area contributed by atoms with Gasteiger partial charge in [-0.2, -0.15) is 11.8 Å². The zero-order valence-electron chi connectivity index (χ0n) is 15.7. The lowest BCUT2D eigenvalue weighted by atomic mass is 10.0. The highest BCUT2D eigenvalue weighted by Crippen LogP contribution is 2.36. The van der Waals surface area contributed by atoms with E-state index in [1.54, 1.807) is 7.11 Å². The number of aromatic amines is 1. The second-order valence-electron chi connectivity index (χ2n) is 6.93. The first-order valence-corrected chi connectivity index (χ1v) is 10.3. The predicted molar refractivity (Wildman–Crippen MR) is 112 cm³/mol. The van der Waals surface area contributed by atoms with E-state index in [0.29, 0.717) is 10.9 Å². The van der Waals surface area contributed by atoms with Crippen molar-refractivity contribution in [3.05, 3.63) is 65.4 Å². The molecule has 2 heterocycles. The van der Waals surface area contributed by atoms with Gasteiger partial charge in [0, 0.05) is 41.1 Å². The normalized spacial score (nSPS) is 17.7. The number of H-pyrrole nitrogens is 1. The maximum atomic E-state index is 13.0. The minimum atomic E-state index is 0.0798. The molecule has 1 saturated heterocycles. The fourth-order valence-electron chi connectivity index (χ4n) is 3.69. The average Bonchev–Trinajstić information content (AvgIpc) is 2.96. The quantitative estimate of drug-likeness (QED) is 0.709. The number of fused-ring (bicyclic) bond motifs is 1. The van der Waals surface area contributed by atoms with Crippen LogP contribution in [0.4, 0.5) is 0 Å². The Morgan fingerprint density at radius 1 is 1.19 bits per heavy atom. The van der Waals surface area contributed by atoms with E-state index in [1.165, 1.54) is 11.1 Å². The molecule has 0 aliphatic carbocycles. The molecular formula is C22H24N2O2S. The van der Waals surface area contributed by atoms with Crippen LogP contribution in [0.1, 0.15) is 33.3 Å². The molecule has 5 heteroatoms. The van der Waals surface area contributed by atoms with Gasteiger partial charge in [0.15, 0.2) is 0 Å². The maximum Gasteiger partial charge on any atom is 0.270 e. The van der Waals surface area contributed by atoms with E-state index < -0.39 is 0 Å². The minimum absolute atomic E-state index is 0.0798. The number of carbonyl (C=O) groups excluding carboxylic acids is 1. The third-order valence-electron chi connectivity index (χ3n) is 5.22. The number of aryl methyl sites for hydroxylation is 1. The van der Waals surface area contributed by atoms with Crippen molar-refractivity contribution in [3.63, 3.8) is 0 Å². The topological polar surface area (TPSA) is 45.3 Å². The zero-order valence-corrected chi connectivity index (χ0v) is 16.5. The first-order valence-electron chi connectivity index (χ1n) is 9.29. The van der Waals surface area contributed by atoms with E-state index in [9.17, 15) is 4.79 Å². The Balaban J connectivity index is 1.50. The van der Waals surface area contributed by atoms with Gasteiger partial charge in [-0.05, 0) is 42.7 Å². The number of rotatable bonds is 3. The van der Waals surface area contributed by atoms with E-state index in [2.05, 4.69) is 36.2 Å². The van der Waals surface area contributed by atoms with Gasteiger partial charge < -0.3 is 14.6 Å². The van der Waals surface area contributed by atoms with Crippen molar-refractivity contribution in [1.29, 1.82) is 0 Å². The number of nitrogens with zero attached hydrogens (tertiary/aromatic N) is 1. The number of thioether (sulfide) groups is 1. The molecule has 0 bridgehead atoms. The lowest BCUT2D eigenvalue weighted by Crippen LogP contribution is -2.33. The molecule has 1 aromatic heterocycles. The molecule has 4 nitrogen and oxygen atoms in total. The summed E-state index contributed by atoms with van der Waals surface area (Å²) in [7, 11) is 1.65. The molecule has 140 valence electrons. The van der Waals surface area contributed by atoms with Gasteiger partial charge in [-0.25, -0.2) is 0 Å². The molecular weight excluding hydrogens is 356 g/mol. The van der Waals surface area contributed by atoms with Crippen LogP contribution < -0.4 is 4.74 Å². The highest BCUT2D eigenvalue weighted by molar-refractivity contribution is 7.99. The third kappa shape index (κ3) is 3.69. The predicted octanol–water partition coefficient (Wildman–Crippen LogP) is 4.81. The lowest BCUT2D eigenvalue weighted by molar-refractivity contribution is 0.0761. The van der Waals surface area contributed by atoms with E-state index in [-0.39, 0.29) is 5.91 Å². The van der Waals surface area contributed by atoms with Crippen LogP contribution >= 0.6 is 11.8 Å². The summed E-state index contributed by atoms with van der Waals surface area (Å²) in [5.41, 5.74) is 4.31. The van der Waals surface area contributed by atoms with Crippen LogP contribution in [-0.2, 0) is 0 Å². The van der Waals surface area contributed by atoms with Crippen molar-refractivity contribution in [2.75, 3.05) is 26.0 Å². The third-order valence-corrected chi connectivity index (χ3v) is 6.53. The van der Waals surface area contributed by atoms with Gasteiger partial charge in [-0.3, -0.25) is 4.79 Å². The molecule has 2 aromatic carbocycles. The summed E-state index contributed by atoms with van der Waals surface area (Å²) in [4.78, 5) is 18.3. The Kier molecular flexibility index (Phi) is 5.12. The molecule has 0 saturated carbocycles. The summed E-state index contributed by atoms with van der Waals surface area (Å²) in [6, 6.07) is 16.3. The fourth-order valence-corrected chi connectivity index (χ4v) is 5.01. The van der Waals surface area contributed by atoms with Crippen molar-refractivity contribution in [3.8, 4) is 5.75 Å². The number of nitrogens with one attached hydrogen (secondary N) is 1. The largest absolute Gasteiger partial charge is 0.497 e. The smallest absolute Gasteiger partial charge is 0.270 e. The van der Waals surface area contributed by atoms with Crippen molar-refractivity contribution in [2.45, 2.75) is 18.6 Å². The number of methoxy groups -OCH3 is 1. The number of amides is 1. The summed E-state index contributed by atoms with van der Waals surface area (Å²) in [6.07, 6.45) is 0.981. The number of hydrogen-bond donors (Lipinski definition) is 1. The van der Waals surface area contributed by atoms with Crippen LogP contribution in [0.15, 0.2) is 48.5 Å². The van der Waals surface area contributed by atoms with Gasteiger partial charge >= 0.3 is 0 Å². The van der Waals surface area contributed by atoms with Gasteiger partial charge in [-0.1, -0.05) is 24.3 Å². The molecule has 27 heavy (non-hydrogen) atoms. The molecule has 4 rings (SSSR count). The van der Waals surface area contributed by atoms with Gasteiger partial charge in [0.1, 0.15) is 11.4 Å². The summed E-state index contributed by atoms with van der Waals surface area (Å²) in [5.74, 6) is 1.82. The Morgan fingerprint density at radius 3 is 2.85 bits per heavy atom. The standard InChI is InChI=1S/C22H24N2O2S/c1-15-5-3-4-6-18(15)21-9-10-24(11-12-27-21)22(25)20-13-16-7-8-17(26-2)14-19(16)23-20/h3-8,13-14,21,23H,9-12H2,1-2H3. The van der Waals surface area contributed by atoms with Crippen molar-refractivity contribution >= 4 is 28.6 Å². The second-order valence-corrected chi connectivity index (χ2v) is 8.24. The zero-order chi connectivity index (χ0) is 18.8. The molecule has 1 amide bonds. The van der Waals surface area contributed by atoms with Crippen LogP contribution in [-0.4, -0.2) is 41.7 Å². The SMILES string of the molecule is COc1ccc2cc(C(=O)N3CCSC(c4ccccc4C)CC3)[nH]c2c1. The van der Waals surface area contributed by atoms with Gasteiger partial charge in [0.2, 0.25) is 0 Å². The molecule has 1 aliphatic heterocycles. The van der Waals surface area contributed by atoms with Crippen molar-refractivity contribution in [1.82, 2.24) is 9.88 Å². The Hall–Kier alpha value is -2.40. The monoisotopic (exact) mass is 380 g/mol. The van der Waals surface area contributed by atoms with Crippen LogP contribution in [0.5, 0.6) is 5.75 Å². The highest BCUT2D eigenvalue weighted by atomic mass is 32.2. The Labute approximate surface area is 163 Å². The molecule has 1 N–H and O–H groups in total. The van der Waals surface area contributed by atoms with E-state index >= 15 is 0 Å². The average molecular weight is 381 g/mol. The summed E-state index contributed by atoms with van der Waals surface area (Å²) < 4.78 is 5.27. The van der Waals surface area contributed by atoms with Gasteiger partial charge in [0.25, 0.3) is 5.91 Å². The van der Waals surface area contributed by atoms with Crippen LogP contribution in [0.25, 0.3) is 10.9 Å². The number of carbonyl (C=O) groups is 1. The number of ether oxygens (including phenoxy) is 1. The van der Waals surface area contributed by atoms with Gasteiger partial charge in [0.05, 0.1) is 7.11 Å². The van der Waals surface area contributed by atoms with Gasteiger partial charge in [-0.15, -0.1) is 0 Å². The highest BCUT2D eigenvalue weighted by Gasteiger charge is 2.24. The molecule has 1 atom stereocenters. The molecule has 3 aromatic rings. The lowest BCUT2D eigenvalue weighted by Gasteiger charge is -2.20. The van der Waals surface area contributed by atoms with Crippen LogP contribution in [0, 0.1) is 6.92 Å². The molecule has 0 radical (unpaired) electrons. The molecule has 1 fully saturated rings. The summed E-state index contributed by atoms with van der Waals surface area (Å²) >= 11 is 1.96. The van der Waals surface area contributed by atoms with E-state index in [1.807, 2.05) is 40.9 Å². The van der Waals surface area contributed by atoms with Crippen LogP contribution in [0.3, 0.4) is 0 Å². The minimum Gasteiger partial charge on any atom is -0.497 e. The van der Waals surface area contributed by atoms with Crippen molar-refractivity contribution < 1.29 is 9.53 Å². The molecule has 0 spiro atoms.